The Morgan fingerprint density at radius 2 is 1.40 bits per heavy atom. The number of carbonyl (C=O) groups excluding carboxylic acids is 1. The van der Waals surface area contributed by atoms with Gasteiger partial charge in [0, 0.05) is 6.42 Å². The summed E-state index contributed by atoms with van der Waals surface area (Å²) in [5, 5.41) is 2.97. The van der Waals surface area contributed by atoms with Crippen LogP contribution in [0, 0.1) is 0 Å². The molecule has 0 unspecified atom stereocenters. The van der Waals surface area contributed by atoms with Crippen molar-refractivity contribution in [3.63, 3.8) is 0 Å². The summed E-state index contributed by atoms with van der Waals surface area (Å²) in [5.41, 5.74) is 0.775. The molecule has 0 saturated carbocycles. The molecule has 25 heavy (non-hydrogen) atoms. The molecular formula is C22H37NO2. The van der Waals surface area contributed by atoms with Gasteiger partial charge < -0.3 is 10.1 Å². The van der Waals surface area contributed by atoms with E-state index in [0.29, 0.717) is 13.0 Å². The van der Waals surface area contributed by atoms with Gasteiger partial charge in [0.15, 0.2) is 0 Å². The van der Waals surface area contributed by atoms with Crippen LogP contribution in [0.2, 0.25) is 0 Å². The Balaban J connectivity index is 2.02. The molecule has 0 fully saturated rings. The summed E-state index contributed by atoms with van der Waals surface area (Å²) >= 11 is 0. The van der Waals surface area contributed by atoms with Crippen molar-refractivity contribution in [1.82, 2.24) is 0 Å². The third-order valence-corrected chi connectivity index (χ3v) is 4.47. The first kappa shape index (κ1) is 21.5. The van der Waals surface area contributed by atoms with E-state index >= 15 is 0 Å². The van der Waals surface area contributed by atoms with Gasteiger partial charge in [-0.15, -0.1) is 0 Å². The molecule has 0 aromatic heterocycles. The van der Waals surface area contributed by atoms with Crippen molar-refractivity contribution in [3.8, 4) is 5.75 Å². The largest absolute Gasteiger partial charge is 0.492 e. The Morgan fingerprint density at radius 1 is 0.840 bits per heavy atom. The maximum Gasteiger partial charge on any atom is 0.224 e. The van der Waals surface area contributed by atoms with Crippen LogP contribution in [0.25, 0.3) is 0 Å². The Bertz CT molecular complexity index is 459. The summed E-state index contributed by atoms with van der Waals surface area (Å²) in [6.07, 6.45) is 14.9. The van der Waals surface area contributed by atoms with Gasteiger partial charge in [-0.1, -0.05) is 83.3 Å². The molecule has 0 aliphatic carbocycles. The standard InChI is InChI=1S/C22H37NO2/c1-3-5-6-7-8-9-10-11-12-13-14-19-22(24)23-20-17-15-16-18-21(20)25-4-2/h15-18H,3-14,19H2,1-2H3,(H,23,24). The number of anilines is 1. The topological polar surface area (TPSA) is 38.3 Å². The van der Waals surface area contributed by atoms with Crippen LogP contribution < -0.4 is 10.1 Å². The monoisotopic (exact) mass is 347 g/mol. The number of benzene rings is 1. The van der Waals surface area contributed by atoms with E-state index in [-0.39, 0.29) is 5.91 Å². The number of carbonyl (C=O) groups is 1. The lowest BCUT2D eigenvalue weighted by molar-refractivity contribution is -0.116. The molecule has 1 aromatic rings. The van der Waals surface area contributed by atoms with Crippen LogP contribution in [0.5, 0.6) is 5.75 Å². The van der Waals surface area contributed by atoms with Crippen molar-refractivity contribution in [2.24, 2.45) is 0 Å². The van der Waals surface area contributed by atoms with Gasteiger partial charge in [0.2, 0.25) is 5.91 Å². The van der Waals surface area contributed by atoms with E-state index in [2.05, 4.69) is 12.2 Å². The van der Waals surface area contributed by atoms with Crippen molar-refractivity contribution in [3.05, 3.63) is 24.3 Å². The molecule has 1 amide bonds. The van der Waals surface area contributed by atoms with E-state index in [1.807, 2.05) is 31.2 Å². The highest BCUT2D eigenvalue weighted by Gasteiger charge is 2.06. The quantitative estimate of drug-likeness (QED) is 0.357. The van der Waals surface area contributed by atoms with Crippen molar-refractivity contribution in [1.29, 1.82) is 0 Å². The van der Waals surface area contributed by atoms with Gasteiger partial charge in [-0.3, -0.25) is 4.79 Å². The first-order chi connectivity index (χ1) is 12.3. The van der Waals surface area contributed by atoms with Gasteiger partial charge in [0.05, 0.1) is 12.3 Å². The molecule has 1 rings (SSSR count). The Hall–Kier alpha value is -1.51. The lowest BCUT2D eigenvalue weighted by Crippen LogP contribution is -2.12. The second kappa shape index (κ2) is 14.8. The molecule has 0 spiro atoms. The van der Waals surface area contributed by atoms with Crippen molar-refractivity contribution >= 4 is 11.6 Å². The molecule has 0 atom stereocenters. The highest BCUT2D eigenvalue weighted by Crippen LogP contribution is 2.24. The fourth-order valence-electron chi connectivity index (χ4n) is 3.01. The van der Waals surface area contributed by atoms with E-state index in [0.717, 1.165) is 24.3 Å². The number of ether oxygens (including phenoxy) is 1. The van der Waals surface area contributed by atoms with Crippen LogP contribution in [0.1, 0.15) is 90.9 Å². The Labute approximate surface area is 154 Å². The van der Waals surface area contributed by atoms with E-state index in [1.165, 1.54) is 57.8 Å². The number of amides is 1. The predicted octanol–water partition coefficient (Wildman–Crippen LogP) is 6.72. The van der Waals surface area contributed by atoms with Gasteiger partial charge in [-0.2, -0.15) is 0 Å². The van der Waals surface area contributed by atoms with Crippen LogP contribution in [0.15, 0.2) is 24.3 Å². The Kier molecular flexibility index (Phi) is 12.7. The summed E-state index contributed by atoms with van der Waals surface area (Å²) in [6.45, 7) is 4.81. The molecular weight excluding hydrogens is 310 g/mol. The second-order valence-electron chi connectivity index (χ2n) is 6.76. The summed E-state index contributed by atoms with van der Waals surface area (Å²) in [6, 6.07) is 7.62. The van der Waals surface area contributed by atoms with Crippen molar-refractivity contribution < 1.29 is 9.53 Å². The summed E-state index contributed by atoms with van der Waals surface area (Å²) < 4.78 is 5.53. The number of hydrogen-bond donors (Lipinski definition) is 1. The molecule has 3 heteroatoms. The normalized spacial score (nSPS) is 10.6. The minimum absolute atomic E-state index is 0.0862. The second-order valence-corrected chi connectivity index (χ2v) is 6.76. The number of nitrogens with one attached hydrogen (secondary N) is 1. The Morgan fingerprint density at radius 3 is 2.00 bits per heavy atom. The SMILES string of the molecule is CCCCCCCCCCCCCC(=O)Nc1ccccc1OCC. The molecule has 1 N–H and O–H groups in total. The van der Waals surface area contributed by atoms with Gasteiger partial charge >= 0.3 is 0 Å². The van der Waals surface area contributed by atoms with Crippen molar-refractivity contribution in [2.45, 2.75) is 90.9 Å². The number of rotatable bonds is 15. The summed E-state index contributed by atoms with van der Waals surface area (Å²) in [4.78, 5) is 12.1. The average Bonchev–Trinajstić information content (AvgIpc) is 2.61. The molecule has 142 valence electrons. The first-order valence-electron chi connectivity index (χ1n) is 10.3. The van der Waals surface area contributed by atoms with E-state index in [9.17, 15) is 4.79 Å². The highest BCUT2D eigenvalue weighted by molar-refractivity contribution is 5.92. The molecule has 0 saturated heterocycles. The van der Waals surface area contributed by atoms with Crippen LogP contribution in [-0.4, -0.2) is 12.5 Å². The maximum atomic E-state index is 12.1. The van der Waals surface area contributed by atoms with E-state index < -0.39 is 0 Å². The highest BCUT2D eigenvalue weighted by atomic mass is 16.5. The third kappa shape index (κ3) is 10.9. The van der Waals surface area contributed by atoms with Crippen LogP contribution in [-0.2, 0) is 4.79 Å². The van der Waals surface area contributed by atoms with Gasteiger partial charge in [-0.25, -0.2) is 0 Å². The van der Waals surface area contributed by atoms with Crippen LogP contribution in [0.4, 0.5) is 5.69 Å². The lowest BCUT2D eigenvalue weighted by Gasteiger charge is -2.11. The molecule has 1 aromatic carbocycles. The summed E-state index contributed by atoms with van der Waals surface area (Å²) in [5.74, 6) is 0.834. The molecule has 0 aliphatic heterocycles. The zero-order valence-corrected chi connectivity index (χ0v) is 16.3. The fraction of sp³-hybridized carbons (Fsp3) is 0.682. The van der Waals surface area contributed by atoms with Crippen molar-refractivity contribution in [2.75, 3.05) is 11.9 Å². The number of hydrogen-bond acceptors (Lipinski definition) is 2. The molecule has 0 aliphatic rings. The van der Waals surface area contributed by atoms with Gasteiger partial charge in [-0.05, 0) is 25.5 Å². The van der Waals surface area contributed by atoms with Gasteiger partial charge in [0.1, 0.15) is 5.75 Å². The smallest absolute Gasteiger partial charge is 0.224 e. The van der Waals surface area contributed by atoms with E-state index in [4.69, 9.17) is 4.74 Å². The number of unbranched alkanes of at least 4 members (excludes halogenated alkanes) is 10. The van der Waals surface area contributed by atoms with E-state index in [1.54, 1.807) is 0 Å². The average molecular weight is 348 g/mol. The zero-order chi connectivity index (χ0) is 18.2. The summed E-state index contributed by atoms with van der Waals surface area (Å²) in [7, 11) is 0. The van der Waals surface area contributed by atoms with Crippen LogP contribution in [0.3, 0.4) is 0 Å². The minimum Gasteiger partial charge on any atom is -0.492 e. The lowest BCUT2D eigenvalue weighted by atomic mass is 10.1. The third-order valence-electron chi connectivity index (χ3n) is 4.47. The first-order valence-corrected chi connectivity index (χ1v) is 10.3. The molecule has 0 heterocycles. The molecule has 0 radical (unpaired) electrons. The van der Waals surface area contributed by atoms with Gasteiger partial charge in [0.25, 0.3) is 0 Å². The maximum absolute atomic E-state index is 12.1. The predicted molar refractivity (Wildman–Crippen MR) is 107 cm³/mol. The number of para-hydroxylation sites is 2. The zero-order valence-electron chi connectivity index (χ0n) is 16.3. The molecule has 3 nitrogen and oxygen atoms in total. The minimum atomic E-state index is 0.0862. The van der Waals surface area contributed by atoms with Crippen LogP contribution >= 0.6 is 0 Å². The fourth-order valence-corrected chi connectivity index (χ4v) is 3.01. The molecule has 0 bridgehead atoms.